The van der Waals surface area contributed by atoms with Crippen LogP contribution in [0.1, 0.15) is 20.3 Å². The number of hydrogen-bond acceptors (Lipinski definition) is 5. The third-order valence-corrected chi connectivity index (χ3v) is 3.28. The summed E-state index contributed by atoms with van der Waals surface area (Å²) in [5, 5.41) is 22.9. The Labute approximate surface area is 104 Å². The van der Waals surface area contributed by atoms with Crippen molar-refractivity contribution in [1.82, 2.24) is 10.2 Å². The second kappa shape index (κ2) is 7.28. The summed E-state index contributed by atoms with van der Waals surface area (Å²) in [6, 6.07) is 0. The molecule has 0 aromatic carbocycles. The third-order valence-electron chi connectivity index (χ3n) is 3.28. The lowest BCUT2D eigenvalue weighted by atomic mass is 10.0. The lowest BCUT2D eigenvalue weighted by Crippen LogP contribution is -2.45. The van der Waals surface area contributed by atoms with Gasteiger partial charge in [-0.25, -0.2) is 0 Å². The van der Waals surface area contributed by atoms with Crippen molar-refractivity contribution >= 4 is 0 Å². The fourth-order valence-corrected chi connectivity index (χ4v) is 2.05. The number of aliphatic hydroxyl groups excluding tert-OH is 1. The van der Waals surface area contributed by atoms with Crippen LogP contribution in [0.4, 0.5) is 0 Å². The molecule has 1 aliphatic rings. The van der Waals surface area contributed by atoms with Crippen molar-refractivity contribution in [1.29, 1.82) is 0 Å². The molecule has 5 heteroatoms. The van der Waals surface area contributed by atoms with E-state index in [9.17, 15) is 10.2 Å². The van der Waals surface area contributed by atoms with Gasteiger partial charge in [0.25, 0.3) is 0 Å². The summed E-state index contributed by atoms with van der Waals surface area (Å²) in [6.45, 7) is 8.77. The molecule has 0 saturated carbocycles. The first-order chi connectivity index (χ1) is 8.09. The highest BCUT2D eigenvalue weighted by Crippen LogP contribution is 2.16. The van der Waals surface area contributed by atoms with E-state index in [0.29, 0.717) is 39.3 Å². The van der Waals surface area contributed by atoms with Crippen molar-refractivity contribution in [3.8, 4) is 0 Å². The largest absolute Gasteiger partial charge is 0.390 e. The Hall–Kier alpha value is -0.200. The summed E-state index contributed by atoms with van der Waals surface area (Å²) < 4.78 is 5.16. The zero-order chi connectivity index (χ0) is 12.7. The Morgan fingerprint density at radius 2 is 2.12 bits per heavy atom. The van der Waals surface area contributed by atoms with Gasteiger partial charge in [0.1, 0.15) is 5.60 Å². The number of hydrogen-bond donors (Lipinski definition) is 3. The maximum absolute atomic E-state index is 10.00. The molecule has 102 valence electrons. The molecule has 1 heterocycles. The molecule has 17 heavy (non-hydrogen) atoms. The summed E-state index contributed by atoms with van der Waals surface area (Å²) in [4.78, 5) is 2.18. The Kier molecular flexibility index (Phi) is 6.37. The van der Waals surface area contributed by atoms with Crippen LogP contribution in [0.5, 0.6) is 0 Å². The minimum atomic E-state index is -0.741. The molecule has 1 rings (SSSR count). The molecule has 0 bridgehead atoms. The molecule has 1 aliphatic heterocycles. The van der Waals surface area contributed by atoms with Gasteiger partial charge in [-0.15, -0.1) is 0 Å². The molecular weight excluding hydrogens is 220 g/mol. The van der Waals surface area contributed by atoms with Crippen molar-refractivity contribution in [3.63, 3.8) is 0 Å². The van der Waals surface area contributed by atoms with E-state index in [0.717, 1.165) is 13.1 Å². The molecule has 2 atom stereocenters. The first-order valence-corrected chi connectivity index (χ1v) is 6.51. The number of likely N-dealkylation sites (N-methyl/N-ethyl adjacent to an activating group) is 1. The monoisotopic (exact) mass is 246 g/mol. The molecule has 0 amide bonds. The summed E-state index contributed by atoms with van der Waals surface area (Å²) in [6.07, 6.45) is 0.285. The van der Waals surface area contributed by atoms with E-state index >= 15 is 0 Å². The van der Waals surface area contributed by atoms with E-state index in [4.69, 9.17) is 4.74 Å². The number of aliphatic hydroxyl groups is 2. The van der Waals surface area contributed by atoms with Crippen LogP contribution in [0, 0.1) is 0 Å². The quantitative estimate of drug-likeness (QED) is 0.535. The molecule has 1 fully saturated rings. The van der Waals surface area contributed by atoms with Gasteiger partial charge >= 0.3 is 0 Å². The van der Waals surface area contributed by atoms with E-state index in [-0.39, 0.29) is 6.10 Å². The van der Waals surface area contributed by atoms with E-state index in [1.54, 1.807) is 0 Å². The molecule has 0 spiro atoms. The molecule has 2 unspecified atom stereocenters. The van der Waals surface area contributed by atoms with Crippen LogP contribution in [-0.2, 0) is 4.74 Å². The van der Waals surface area contributed by atoms with Gasteiger partial charge in [-0.2, -0.15) is 0 Å². The highest BCUT2D eigenvalue weighted by molar-refractivity contribution is 4.85. The topological polar surface area (TPSA) is 65.0 Å². The second-order valence-corrected chi connectivity index (χ2v) is 4.80. The smallest absolute Gasteiger partial charge is 0.102 e. The van der Waals surface area contributed by atoms with E-state index in [1.165, 1.54) is 0 Å². The summed E-state index contributed by atoms with van der Waals surface area (Å²) in [5.74, 6) is 0. The number of nitrogens with zero attached hydrogens (tertiary/aromatic N) is 1. The van der Waals surface area contributed by atoms with Crippen molar-refractivity contribution in [2.45, 2.75) is 32.0 Å². The Morgan fingerprint density at radius 3 is 2.65 bits per heavy atom. The third kappa shape index (κ3) is 5.31. The standard InChI is InChI=1S/C12H26N2O3/c1-3-14(4-2)8-11(15)7-13-9-12(16)5-6-17-10-12/h11,13,15-16H,3-10H2,1-2H3. The fourth-order valence-electron chi connectivity index (χ4n) is 2.05. The summed E-state index contributed by atoms with van der Waals surface area (Å²) in [5.41, 5.74) is -0.741. The number of ether oxygens (including phenoxy) is 1. The molecule has 0 radical (unpaired) electrons. The van der Waals surface area contributed by atoms with Gasteiger partial charge in [-0.3, -0.25) is 0 Å². The first-order valence-electron chi connectivity index (χ1n) is 6.51. The lowest BCUT2D eigenvalue weighted by Gasteiger charge is -2.24. The molecule has 5 nitrogen and oxygen atoms in total. The molecule has 3 N–H and O–H groups in total. The zero-order valence-corrected chi connectivity index (χ0v) is 11.0. The maximum atomic E-state index is 10.00. The zero-order valence-electron chi connectivity index (χ0n) is 11.0. The Morgan fingerprint density at radius 1 is 1.41 bits per heavy atom. The minimum absolute atomic E-state index is 0.388. The van der Waals surface area contributed by atoms with Gasteiger partial charge in [0, 0.05) is 32.7 Å². The van der Waals surface area contributed by atoms with Crippen molar-refractivity contribution in [2.75, 3.05) is 45.9 Å². The predicted octanol–water partition coefficient (Wildman–Crippen LogP) is -0.570. The molecule has 0 aromatic rings. The molecule has 0 aliphatic carbocycles. The van der Waals surface area contributed by atoms with Gasteiger partial charge in [0.05, 0.1) is 12.7 Å². The van der Waals surface area contributed by atoms with Crippen LogP contribution in [-0.4, -0.2) is 72.8 Å². The highest BCUT2D eigenvalue weighted by atomic mass is 16.5. The maximum Gasteiger partial charge on any atom is 0.102 e. The van der Waals surface area contributed by atoms with E-state index in [2.05, 4.69) is 24.1 Å². The van der Waals surface area contributed by atoms with Gasteiger partial charge in [-0.1, -0.05) is 13.8 Å². The van der Waals surface area contributed by atoms with Crippen molar-refractivity contribution < 1.29 is 14.9 Å². The Balaban J connectivity index is 2.13. The van der Waals surface area contributed by atoms with Crippen LogP contribution in [0.2, 0.25) is 0 Å². The van der Waals surface area contributed by atoms with Crippen LogP contribution in [0.25, 0.3) is 0 Å². The first kappa shape index (κ1) is 14.9. The summed E-state index contributed by atoms with van der Waals surface area (Å²) >= 11 is 0. The molecule has 1 saturated heterocycles. The van der Waals surface area contributed by atoms with Gasteiger partial charge < -0.3 is 25.2 Å². The van der Waals surface area contributed by atoms with Crippen LogP contribution >= 0.6 is 0 Å². The van der Waals surface area contributed by atoms with Gasteiger partial charge in [0.15, 0.2) is 0 Å². The second-order valence-electron chi connectivity index (χ2n) is 4.80. The SMILES string of the molecule is CCN(CC)CC(O)CNCC1(O)CCOC1. The van der Waals surface area contributed by atoms with Crippen molar-refractivity contribution in [2.24, 2.45) is 0 Å². The predicted molar refractivity (Wildman–Crippen MR) is 67.1 cm³/mol. The summed E-state index contributed by atoms with van der Waals surface area (Å²) in [7, 11) is 0. The van der Waals surface area contributed by atoms with Gasteiger partial charge in [-0.05, 0) is 13.1 Å². The number of nitrogens with one attached hydrogen (secondary N) is 1. The Bertz CT molecular complexity index is 204. The lowest BCUT2D eigenvalue weighted by molar-refractivity contribution is 0.0232. The number of rotatable bonds is 8. The van der Waals surface area contributed by atoms with Crippen LogP contribution in [0.3, 0.4) is 0 Å². The fraction of sp³-hybridized carbons (Fsp3) is 1.00. The molecule has 0 aromatic heterocycles. The average molecular weight is 246 g/mol. The van der Waals surface area contributed by atoms with Gasteiger partial charge in [0.2, 0.25) is 0 Å². The van der Waals surface area contributed by atoms with Crippen molar-refractivity contribution in [3.05, 3.63) is 0 Å². The van der Waals surface area contributed by atoms with E-state index in [1.807, 2.05) is 0 Å². The average Bonchev–Trinajstić information content (AvgIpc) is 2.73. The highest BCUT2D eigenvalue weighted by Gasteiger charge is 2.31. The minimum Gasteiger partial charge on any atom is -0.390 e. The van der Waals surface area contributed by atoms with E-state index < -0.39 is 5.60 Å². The molecular formula is C12H26N2O3. The van der Waals surface area contributed by atoms with Crippen LogP contribution in [0.15, 0.2) is 0 Å². The normalized spacial score (nSPS) is 26.6. The van der Waals surface area contributed by atoms with Crippen LogP contribution < -0.4 is 5.32 Å².